The Morgan fingerprint density at radius 2 is 2.05 bits per heavy atom. The van der Waals surface area contributed by atoms with Gasteiger partial charge in [0.25, 0.3) is 0 Å². The van der Waals surface area contributed by atoms with Crippen LogP contribution in [0.15, 0.2) is 36.4 Å². The molecule has 0 saturated carbocycles. The van der Waals surface area contributed by atoms with E-state index in [4.69, 9.17) is 15.2 Å². The van der Waals surface area contributed by atoms with Gasteiger partial charge in [0.05, 0.1) is 18.8 Å². The van der Waals surface area contributed by atoms with Crippen molar-refractivity contribution in [1.82, 2.24) is 0 Å². The van der Waals surface area contributed by atoms with Gasteiger partial charge in [-0.05, 0) is 29.3 Å². The third-order valence-electron chi connectivity index (χ3n) is 3.61. The highest BCUT2D eigenvalue weighted by molar-refractivity contribution is 6.01. The van der Waals surface area contributed by atoms with E-state index in [1.807, 2.05) is 30.3 Å². The molecule has 0 radical (unpaired) electrons. The molecule has 1 aliphatic rings. The molecule has 0 amide bonds. The summed E-state index contributed by atoms with van der Waals surface area (Å²) >= 11 is 0. The SMILES string of the molecule is Nc1cc2ccccc2cc1C(=O)OCC1CCOC1. The van der Waals surface area contributed by atoms with Crippen LogP contribution >= 0.6 is 0 Å². The topological polar surface area (TPSA) is 61.6 Å². The summed E-state index contributed by atoms with van der Waals surface area (Å²) in [5.74, 6) is -0.0548. The summed E-state index contributed by atoms with van der Waals surface area (Å²) in [6.07, 6.45) is 0.945. The second-order valence-electron chi connectivity index (χ2n) is 5.11. The second-order valence-corrected chi connectivity index (χ2v) is 5.11. The molecule has 1 heterocycles. The highest BCUT2D eigenvalue weighted by Gasteiger charge is 2.19. The molecule has 1 saturated heterocycles. The predicted molar refractivity (Wildman–Crippen MR) is 77.6 cm³/mol. The minimum atomic E-state index is -0.361. The third kappa shape index (κ3) is 2.60. The zero-order valence-corrected chi connectivity index (χ0v) is 11.2. The van der Waals surface area contributed by atoms with E-state index in [1.54, 1.807) is 6.07 Å². The first-order valence-corrected chi connectivity index (χ1v) is 6.77. The van der Waals surface area contributed by atoms with Crippen LogP contribution in [-0.4, -0.2) is 25.8 Å². The van der Waals surface area contributed by atoms with Crippen molar-refractivity contribution in [2.45, 2.75) is 6.42 Å². The fourth-order valence-electron chi connectivity index (χ4n) is 2.42. The van der Waals surface area contributed by atoms with E-state index >= 15 is 0 Å². The molecule has 4 nitrogen and oxygen atoms in total. The standard InChI is InChI=1S/C16H17NO3/c17-15-8-13-4-2-1-3-12(13)7-14(15)16(18)20-10-11-5-6-19-9-11/h1-4,7-8,11H,5-6,9-10,17H2. The zero-order chi connectivity index (χ0) is 13.9. The van der Waals surface area contributed by atoms with Gasteiger partial charge >= 0.3 is 5.97 Å². The van der Waals surface area contributed by atoms with Crippen molar-refractivity contribution in [2.75, 3.05) is 25.6 Å². The Morgan fingerprint density at radius 1 is 1.30 bits per heavy atom. The van der Waals surface area contributed by atoms with Crippen LogP contribution < -0.4 is 5.73 Å². The Labute approximate surface area is 117 Å². The smallest absolute Gasteiger partial charge is 0.340 e. The van der Waals surface area contributed by atoms with Crippen LogP contribution in [0.1, 0.15) is 16.8 Å². The van der Waals surface area contributed by atoms with Crippen molar-refractivity contribution in [3.8, 4) is 0 Å². The fourth-order valence-corrected chi connectivity index (χ4v) is 2.42. The van der Waals surface area contributed by atoms with Crippen LogP contribution in [0.4, 0.5) is 5.69 Å². The van der Waals surface area contributed by atoms with E-state index in [0.29, 0.717) is 30.4 Å². The molecule has 1 atom stereocenters. The van der Waals surface area contributed by atoms with Gasteiger partial charge in [0, 0.05) is 18.2 Å². The Balaban J connectivity index is 1.77. The van der Waals surface area contributed by atoms with Crippen molar-refractivity contribution in [3.05, 3.63) is 42.0 Å². The van der Waals surface area contributed by atoms with Gasteiger partial charge in [-0.25, -0.2) is 4.79 Å². The lowest BCUT2D eigenvalue weighted by Gasteiger charge is -2.11. The number of carbonyl (C=O) groups excluding carboxylic acids is 1. The molecule has 104 valence electrons. The Kier molecular flexibility index (Phi) is 3.56. The van der Waals surface area contributed by atoms with Gasteiger partial charge in [0.15, 0.2) is 0 Å². The van der Waals surface area contributed by atoms with E-state index < -0.39 is 0 Å². The average molecular weight is 271 g/mol. The van der Waals surface area contributed by atoms with E-state index in [9.17, 15) is 4.79 Å². The van der Waals surface area contributed by atoms with Gasteiger partial charge in [-0.3, -0.25) is 0 Å². The zero-order valence-electron chi connectivity index (χ0n) is 11.2. The fraction of sp³-hybridized carbons (Fsp3) is 0.312. The predicted octanol–water partition coefficient (Wildman–Crippen LogP) is 2.62. The maximum Gasteiger partial charge on any atom is 0.340 e. The molecular weight excluding hydrogens is 254 g/mol. The van der Waals surface area contributed by atoms with Crippen molar-refractivity contribution < 1.29 is 14.3 Å². The van der Waals surface area contributed by atoms with Gasteiger partial charge in [-0.15, -0.1) is 0 Å². The van der Waals surface area contributed by atoms with Gasteiger partial charge in [-0.1, -0.05) is 24.3 Å². The first-order valence-electron chi connectivity index (χ1n) is 6.77. The maximum atomic E-state index is 12.1. The number of hydrogen-bond donors (Lipinski definition) is 1. The molecule has 2 N–H and O–H groups in total. The van der Waals surface area contributed by atoms with Crippen LogP contribution in [0.2, 0.25) is 0 Å². The highest BCUT2D eigenvalue weighted by atomic mass is 16.5. The number of ether oxygens (including phenoxy) is 2. The molecule has 1 aliphatic heterocycles. The number of benzene rings is 2. The number of anilines is 1. The Hall–Kier alpha value is -2.07. The van der Waals surface area contributed by atoms with Crippen molar-refractivity contribution >= 4 is 22.4 Å². The lowest BCUT2D eigenvalue weighted by atomic mass is 10.1. The second kappa shape index (κ2) is 5.51. The van der Waals surface area contributed by atoms with Gasteiger partial charge in [0.1, 0.15) is 0 Å². The van der Waals surface area contributed by atoms with Gasteiger partial charge in [-0.2, -0.15) is 0 Å². The van der Waals surface area contributed by atoms with E-state index in [-0.39, 0.29) is 5.97 Å². The monoisotopic (exact) mass is 271 g/mol. The molecule has 0 spiro atoms. The summed E-state index contributed by atoms with van der Waals surface area (Å²) in [4.78, 5) is 12.1. The van der Waals surface area contributed by atoms with Crippen molar-refractivity contribution in [3.63, 3.8) is 0 Å². The molecular formula is C16H17NO3. The molecule has 0 aromatic heterocycles. The number of nitrogen functional groups attached to an aromatic ring is 1. The molecule has 0 bridgehead atoms. The van der Waals surface area contributed by atoms with Crippen LogP contribution in [0.3, 0.4) is 0 Å². The Morgan fingerprint density at radius 3 is 2.75 bits per heavy atom. The number of nitrogens with two attached hydrogens (primary N) is 1. The minimum absolute atomic E-state index is 0.306. The largest absolute Gasteiger partial charge is 0.462 e. The quantitative estimate of drug-likeness (QED) is 0.688. The molecule has 1 unspecified atom stereocenters. The third-order valence-corrected chi connectivity index (χ3v) is 3.61. The van der Waals surface area contributed by atoms with Crippen LogP contribution in [0.5, 0.6) is 0 Å². The molecule has 3 rings (SSSR count). The summed E-state index contributed by atoms with van der Waals surface area (Å²) < 4.78 is 10.6. The molecule has 4 heteroatoms. The van der Waals surface area contributed by atoms with Crippen molar-refractivity contribution in [1.29, 1.82) is 0 Å². The summed E-state index contributed by atoms with van der Waals surface area (Å²) in [5, 5.41) is 2.00. The van der Waals surface area contributed by atoms with Crippen LogP contribution in [-0.2, 0) is 9.47 Å². The highest BCUT2D eigenvalue weighted by Crippen LogP contribution is 2.23. The first kappa shape index (κ1) is 12.9. The number of rotatable bonds is 3. The molecule has 2 aromatic carbocycles. The molecule has 2 aromatic rings. The molecule has 0 aliphatic carbocycles. The average Bonchev–Trinajstić information content (AvgIpc) is 2.97. The van der Waals surface area contributed by atoms with E-state index in [2.05, 4.69) is 0 Å². The lowest BCUT2D eigenvalue weighted by Crippen LogP contribution is -2.15. The van der Waals surface area contributed by atoms with Crippen LogP contribution in [0, 0.1) is 5.92 Å². The number of fused-ring (bicyclic) bond motifs is 1. The number of hydrogen-bond acceptors (Lipinski definition) is 4. The molecule has 20 heavy (non-hydrogen) atoms. The van der Waals surface area contributed by atoms with Crippen LogP contribution in [0.25, 0.3) is 10.8 Å². The summed E-state index contributed by atoms with van der Waals surface area (Å²) in [7, 11) is 0. The van der Waals surface area contributed by atoms with Crippen molar-refractivity contribution in [2.24, 2.45) is 5.92 Å². The summed E-state index contributed by atoms with van der Waals surface area (Å²) in [5.41, 5.74) is 6.83. The van der Waals surface area contributed by atoms with E-state index in [1.165, 1.54) is 0 Å². The van der Waals surface area contributed by atoms with E-state index in [0.717, 1.165) is 23.8 Å². The van der Waals surface area contributed by atoms with Gasteiger partial charge < -0.3 is 15.2 Å². The summed E-state index contributed by atoms with van der Waals surface area (Å²) in [6, 6.07) is 11.4. The first-order chi connectivity index (χ1) is 9.74. The minimum Gasteiger partial charge on any atom is -0.462 e. The Bertz CT molecular complexity index is 633. The number of carbonyl (C=O) groups is 1. The van der Waals surface area contributed by atoms with Gasteiger partial charge in [0.2, 0.25) is 0 Å². The molecule has 1 fully saturated rings. The number of esters is 1. The summed E-state index contributed by atoms with van der Waals surface area (Å²) in [6.45, 7) is 1.81. The normalized spacial score (nSPS) is 18.3. The maximum absolute atomic E-state index is 12.1. The lowest BCUT2D eigenvalue weighted by molar-refractivity contribution is 0.0429.